The van der Waals surface area contributed by atoms with Crippen LogP contribution in [0.5, 0.6) is 5.75 Å². The highest BCUT2D eigenvalue weighted by Gasteiger charge is 2.27. The second-order valence-electron chi connectivity index (χ2n) is 5.58. The maximum atomic E-state index is 6.02. The molecule has 1 aliphatic heterocycles. The molecule has 0 aromatic heterocycles. The van der Waals surface area contributed by atoms with Crippen LogP contribution in [0.3, 0.4) is 0 Å². The summed E-state index contributed by atoms with van der Waals surface area (Å²) in [6.07, 6.45) is 5.01. The molecule has 1 saturated carbocycles. The van der Waals surface area contributed by atoms with Gasteiger partial charge in [0, 0.05) is 39.0 Å². The van der Waals surface area contributed by atoms with Crippen molar-refractivity contribution in [3.63, 3.8) is 0 Å². The summed E-state index contributed by atoms with van der Waals surface area (Å²) >= 11 is 0. The smallest absolute Gasteiger partial charge is 0.193 e. The maximum Gasteiger partial charge on any atom is 0.193 e. The highest BCUT2D eigenvalue weighted by Crippen LogP contribution is 2.21. The molecule has 1 aromatic carbocycles. The first-order valence-corrected chi connectivity index (χ1v) is 7.55. The van der Waals surface area contributed by atoms with E-state index in [1.807, 2.05) is 37.4 Å². The zero-order valence-corrected chi connectivity index (χ0v) is 12.1. The number of ether oxygens (including phenoxy) is 1. The summed E-state index contributed by atoms with van der Waals surface area (Å²) in [6.45, 7) is 2.04. The number of rotatable bonds is 3. The number of piperidine rings is 1. The highest BCUT2D eigenvalue weighted by molar-refractivity contribution is 5.80. The average molecular weight is 273 g/mol. The molecule has 2 aliphatic rings. The molecular formula is C16H23N3O. The number of hydrogen-bond donors (Lipinski definition) is 1. The molecule has 2 fully saturated rings. The number of hydrogen-bond acceptors (Lipinski definition) is 2. The van der Waals surface area contributed by atoms with E-state index in [4.69, 9.17) is 4.74 Å². The first-order valence-electron chi connectivity index (χ1n) is 7.55. The fourth-order valence-electron chi connectivity index (χ4n) is 2.58. The second-order valence-corrected chi connectivity index (χ2v) is 5.58. The van der Waals surface area contributed by atoms with Crippen molar-refractivity contribution in [2.75, 3.05) is 20.1 Å². The first-order chi connectivity index (χ1) is 9.85. The van der Waals surface area contributed by atoms with Gasteiger partial charge in [-0.15, -0.1) is 0 Å². The van der Waals surface area contributed by atoms with Crippen LogP contribution >= 0.6 is 0 Å². The second kappa shape index (κ2) is 6.16. The molecule has 1 N–H and O–H groups in total. The van der Waals surface area contributed by atoms with Crippen LogP contribution in [-0.2, 0) is 0 Å². The Morgan fingerprint density at radius 1 is 1.15 bits per heavy atom. The maximum absolute atomic E-state index is 6.02. The van der Waals surface area contributed by atoms with Gasteiger partial charge in [0.15, 0.2) is 5.96 Å². The summed E-state index contributed by atoms with van der Waals surface area (Å²) in [4.78, 5) is 6.74. The molecule has 1 aromatic rings. The largest absolute Gasteiger partial charge is 0.490 e. The molecule has 0 atom stereocenters. The molecule has 0 spiro atoms. The Labute approximate surface area is 120 Å². The Bertz CT molecular complexity index is 448. The topological polar surface area (TPSA) is 36.9 Å². The minimum Gasteiger partial charge on any atom is -0.490 e. The predicted molar refractivity (Wildman–Crippen MR) is 81.2 cm³/mol. The van der Waals surface area contributed by atoms with Crippen molar-refractivity contribution < 1.29 is 4.74 Å². The third kappa shape index (κ3) is 3.44. The number of likely N-dealkylation sites (tertiary alicyclic amines) is 1. The third-order valence-corrected chi connectivity index (χ3v) is 3.91. The van der Waals surface area contributed by atoms with Crippen LogP contribution in [0.25, 0.3) is 0 Å². The molecule has 20 heavy (non-hydrogen) atoms. The van der Waals surface area contributed by atoms with E-state index in [2.05, 4.69) is 15.2 Å². The molecule has 0 unspecified atom stereocenters. The van der Waals surface area contributed by atoms with E-state index in [0.29, 0.717) is 12.1 Å². The Balaban J connectivity index is 1.48. The summed E-state index contributed by atoms with van der Waals surface area (Å²) < 4.78 is 6.02. The Morgan fingerprint density at radius 2 is 1.85 bits per heavy atom. The van der Waals surface area contributed by atoms with E-state index in [-0.39, 0.29) is 0 Å². The zero-order chi connectivity index (χ0) is 13.8. The lowest BCUT2D eigenvalue weighted by Crippen LogP contribution is -2.48. The van der Waals surface area contributed by atoms with Gasteiger partial charge in [-0.2, -0.15) is 0 Å². The Morgan fingerprint density at radius 3 is 2.45 bits per heavy atom. The van der Waals surface area contributed by atoms with Gasteiger partial charge in [-0.3, -0.25) is 4.99 Å². The molecule has 0 radical (unpaired) electrons. The summed E-state index contributed by atoms with van der Waals surface area (Å²) in [6, 6.07) is 10.8. The standard InChI is InChI=1S/C16H23N3O/c1-17-16(18-13-7-8-13)19-11-9-15(10-12-19)20-14-5-3-2-4-6-14/h2-6,13,15H,7-12H2,1H3,(H,17,18). The van der Waals surface area contributed by atoms with Crippen LogP contribution in [0.4, 0.5) is 0 Å². The van der Waals surface area contributed by atoms with Gasteiger partial charge in [-0.25, -0.2) is 0 Å². The fourth-order valence-corrected chi connectivity index (χ4v) is 2.58. The van der Waals surface area contributed by atoms with E-state index in [1.165, 1.54) is 12.8 Å². The van der Waals surface area contributed by atoms with Crippen molar-refractivity contribution in [1.82, 2.24) is 10.2 Å². The molecule has 0 amide bonds. The van der Waals surface area contributed by atoms with Crippen molar-refractivity contribution >= 4 is 5.96 Å². The quantitative estimate of drug-likeness (QED) is 0.678. The van der Waals surface area contributed by atoms with Gasteiger partial charge in [0.25, 0.3) is 0 Å². The van der Waals surface area contributed by atoms with Crippen molar-refractivity contribution in [1.29, 1.82) is 0 Å². The monoisotopic (exact) mass is 273 g/mol. The number of aliphatic imine (C=N–C) groups is 1. The molecule has 1 saturated heterocycles. The number of nitrogens with zero attached hydrogens (tertiary/aromatic N) is 2. The van der Waals surface area contributed by atoms with E-state index < -0.39 is 0 Å². The van der Waals surface area contributed by atoms with Crippen LogP contribution in [0, 0.1) is 0 Å². The number of guanidine groups is 1. The van der Waals surface area contributed by atoms with Gasteiger partial charge in [0.05, 0.1) is 0 Å². The summed E-state index contributed by atoms with van der Waals surface area (Å²) in [5, 5.41) is 3.51. The number of para-hydroxylation sites is 1. The van der Waals surface area contributed by atoms with E-state index in [1.54, 1.807) is 0 Å². The van der Waals surface area contributed by atoms with Crippen molar-refractivity contribution in [3.05, 3.63) is 30.3 Å². The molecule has 3 rings (SSSR count). The molecule has 108 valence electrons. The van der Waals surface area contributed by atoms with Crippen molar-refractivity contribution in [2.24, 2.45) is 4.99 Å². The molecule has 4 nitrogen and oxygen atoms in total. The van der Waals surface area contributed by atoms with Gasteiger partial charge in [-0.05, 0) is 25.0 Å². The van der Waals surface area contributed by atoms with Gasteiger partial charge in [0.1, 0.15) is 11.9 Å². The fraction of sp³-hybridized carbons (Fsp3) is 0.562. The SMILES string of the molecule is CN=C(NC1CC1)N1CCC(Oc2ccccc2)CC1. The van der Waals surface area contributed by atoms with Crippen LogP contribution in [0.2, 0.25) is 0 Å². The number of nitrogens with one attached hydrogen (secondary N) is 1. The Kier molecular flexibility index (Phi) is 4.09. The zero-order valence-electron chi connectivity index (χ0n) is 12.1. The lowest BCUT2D eigenvalue weighted by Gasteiger charge is -2.34. The summed E-state index contributed by atoms with van der Waals surface area (Å²) in [5.74, 6) is 2.04. The van der Waals surface area contributed by atoms with E-state index in [9.17, 15) is 0 Å². The lowest BCUT2D eigenvalue weighted by molar-refractivity contribution is 0.129. The summed E-state index contributed by atoms with van der Waals surface area (Å²) in [7, 11) is 1.87. The molecule has 1 aliphatic carbocycles. The van der Waals surface area contributed by atoms with Crippen LogP contribution < -0.4 is 10.1 Å². The average Bonchev–Trinajstić information content (AvgIpc) is 3.31. The predicted octanol–water partition coefficient (Wildman–Crippen LogP) is 2.27. The highest BCUT2D eigenvalue weighted by atomic mass is 16.5. The third-order valence-electron chi connectivity index (χ3n) is 3.91. The van der Waals surface area contributed by atoms with Gasteiger partial charge in [-0.1, -0.05) is 18.2 Å². The van der Waals surface area contributed by atoms with Crippen LogP contribution in [0.15, 0.2) is 35.3 Å². The van der Waals surface area contributed by atoms with Crippen LogP contribution in [-0.4, -0.2) is 43.1 Å². The molecule has 0 bridgehead atoms. The minimum atomic E-state index is 0.327. The van der Waals surface area contributed by atoms with Gasteiger partial charge in [0.2, 0.25) is 0 Å². The van der Waals surface area contributed by atoms with Crippen LogP contribution in [0.1, 0.15) is 25.7 Å². The van der Waals surface area contributed by atoms with Crippen molar-refractivity contribution in [3.8, 4) is 5.75 Å². The molecule has 1 heterocycles. The van der Waals surface area contributed by atoms with E-state index in [0.717, 1.165) is 37.6 Å². The normalized spacial score (nSPS) is 20.9. The van der Waals surface area contributed by atoms with Gasteiger partial charge < -0.3 is 15.0 Å². The summed E-state index contributed by atoms with van der Waals surface area (Å²) in [5.41, 5.74) is 0. The first kappa shape index (κ1) is 13.3. The van der Waals surface area contributed by atoms with E-state index >= 15 is 0 Å². The van der Waals surface area contributed by atoms with Gasteiger partial charge >= 0.3 is 0 Å². The lowest BCUT2D eigenvalue weighted by atomic mass is 10.1. The minimum absolute atomic E-state index is 0.327. The molecule has 4 heteroatoms. The molecular weight excluding hydrogens is 250 g/mol. The van der Waals surface area contributed by atoms with Crippen molar-refractivity contribution in [2.45, 2.75) is 37.8 Å². The number of benzene rings is 1. The Hall–Kier alpha value is -1.71.